The van der Waals surface area contributed by atoms with Crippen LogP contribution in [0.1, 0.15) is 30.0 Å². The van der Waals surface area contributed by atoms with Crippen molar-refractivity contribution in [1.82, 2.24) is 0 Å². The molecular formula is C21H22N2O2. The zero-order valence-electron chi connectivity index (χ0n) is 14.8. The predicted octanol–water partition coefficient (Wildman–Crippen LogP) is 4.64. The van der Waals surface area contributed by atoms with Gasteiger partial charge in [-0.3, -0.25) is 4.79 Å². The zero-order valence-corrected chi connectivity index (χ0v) is 14.8. The van der Waals surface area contributed by atoms with Crippen LogP contribution in [0.4, 0.5) is 5.69 Å². The standard InChI is InChI=1S/C21H22N2O2/c1-4-11-25-19-9-6-8-17(13-19)12-18(14-22)21(24)23-20-10-5-7-15(2)16(20)3/h5-10,12-13H,4,11H2,1-3H3,(H,23,24)/b18-12-. The Morgan fingerprint density at radius 3 is 2.72 bits per heavy atom. The van der Waals surface area contributed by atoms with Crippen molar-refractivity contribution in [2.45, 2.75) is 27.2 Å². The van der Waals surface area contributed by atoms with Gasteiger partial charge in [-0.15, -0.1) is 0 Å². The molecule has 25 heavy (non-hydrogen) atoms. The molecule has 128 valence electrons. The monoisotopic (exact) mass is 334 g/mol. The molecule has 0 saturated carbocycles. The molecule has 0 saturated heterocycles. The minimum absolute atomic E-state index is 0.0496. The molecule has 1 amide bonds. The van der Waals surface area contributed by atoms with Crippen molar-refractivity contribution < 1.29 is 9.53 Å². The number of nitriles is 1. The highest BCUT2D eigenvalue weighted by Crippen LogP contribution is 2.20. The highest BCUT2D eigenvalue weighted by molar-refractivity contribution is 6.10. The molecule has 0 aliphatic carbocycles. The van der Waals surface area contributed by atoms with Gasteiger partial charge in [0.15, 0.2) is 0 Å². The maximum absolute atomic E-state index is 12.4. The number of rotatable bonds is 6. The lowest BCUT2D eigenvalue weighted by atomic mass is 10.1. The van der Waals surface area contributed by atoms with Crippen LogP contribution in [0.3, 0.4) is 0 Å². The Morgan fingerprint density at radius 1 is 1.24 bits per heavy atom. The highest BCUT2D eigenvalue weighted by atomic mass is 16.5. The third kappa shape index (κ3) is 4.95. The maximum Gasteiger partial charge on any atom is 0.266 e. The first-order valence-corrected chi connectivity index (χ1v) is 8.27. The van der Waals surface area contributed by atoms with E-state index in [-0.39, 0.29) is 5.57 Å². The molecular weight excluding hydrogens is 312 g/mol. The van der Waals surface area contributed by atoms with Crippen molar-refractivity contribution in [2.24, 2.45) is 0 Å². The van der Waals surface area contributed by atoms with E-state index in [9.17, 15) is 10.1 Å². The number of ether oxygens (including phenoxy) is 1. The van der Waals surface area contributed by atoms with Gasteiger partial charge in [-0.25, -0.2) is 0 Å². The summed E-state index contributed by atoms with van der Waals surface area (Å²) in [6.07, 6.45) is 2.49. The number of benzene rings is 2. The fourth-order valence-corrected chi connectivity index (χ4v) is 2.31. The van der Waals surface area contributed by atoms with E-state index in [0.29, 0.717) is 12.3 Å². The second-order valence-corrected chi connectivity index (χ2v) is 5.79. The summed E-state index contributed by atoms with van der Waals surface area (Å²) in [5.74, 6) is 0.305. The number of hydrogen-bond acceptors (Lipinski definition) is 3. The van der Waals surface area contributed by atoms with Crippen molar-refractivity contribution in [1.29, 1.82) is 5.26 Å². The molecule has 0 aliphatic heterocycles. The van der Waals surface area contributed by atoms with Gasteiger partial charge in [0.2, 0.25) is 0 Å². The minimum atomic E-state index is -0.420. The SMILES string of the molecule is CCCOc1cccc(/C=C(/C#N)C(=O)Nc2cccc(C)c2C)c1. The summed E-state index contributed by atoms with van der Waals surface area (Å²) in [4.78, 5) is 12.4. The van der Waals surface area contributed by atoms with Crippen LogP contribution in [0.5, 0.6) is 5.75 Å². The van der Waals surface area contributed by atoms with Crippen LogP contribution in [-0.4, -0.2) is 12.5 Å². The van der Waals surface area contributed by atoms with E-state index < -0.39 is 5.91 Å². The van der Waals surface area contributed by atoms with E-state index in [2.05, 4.69) is 5.32 Å². The second kappa shape index (κ2) is 8.70. The van der Waals surface area contributed by atoms with Gasteiger partial charge in [-0.05, 0) is 61.2 Å². The Balaban J connectivity index is 2.21. The fourth-order valence-electron chi connectivity index (χ4n) is 2.31. The van der Waals surface area contributed by atoms with Crippen molar-refractivity contribution in [3.05, 3.63) is 64.7 Å². The van der Waals surface area contributed by atoms with Crippen LogP contribution in [-0.2, 0) is 4.79 Å². The number of nitrogens with one attached hydrogen (secondary N) is 1. The van der Waals surface area contributed by atoms with Gasteiger partial charge in [-0.2, -0.15) is 5.26 Å². The third-order valence-electron chi connectivity index (χ3n) is 3.86. The van der Waals surface area contributed by atoms with Gasteiger partial charge < -0.3 is 10.1 Å². The lowest BCUT2D eigenvalue weighted by Gasteiger charge is -2.10. The molecule has 4 nitrogen and oxygen atoms in total. The summed E-state index contributed by atoms with van der Waals surface area (Å²) >= 11 is 0. The molecule has 2 aromatic carbocycles. The van der Waals surface area contributed by atoms with Gasteiger partial charge in [0.25, 0.3) is 5.91 Å². The lowest BCUT2D eigenvalue weighted by Crippen LogP contribution is -2.14. The summed E-state index contributed by atoms with van der Waals surface area (Å²) in [5.41, 5.74) is 3.59. The molecule has 1 N–H and O–H groups in total. The van der Waals surface area contributed by atoms with E-state index in [4.69, 9.17) is 4.74 Å². The number of nitrogens with zero attached hydrogens (tertiary/aromatic N) is 1. The van der Waals surface area contributed by atoms with Gasteiger partial charge in [0, 0.05) is 5.69 Å². The van der Waals surface area contributed by atoms with Crippen LogP contribution in [0.2, 0.25) is 0 Å². The molecule has 4 heteroatoms. The van der Waals surface area contributed by atoms with Crippen LogP contribution in [0, 0.1) is 25.2 Å². The third-order valence-corrected chi connectivity index (χ3v) is 3.86. The first kappa shape index (κ1) is 18.3. The summed E-state index contributed by atoms with van der Waals surface area (Å²) in [6.45, 7) is 6.59. The molecule has 0 heterocycles. The van der Waals surface area contributed by atoms with E-state index in [1.807, 2.05) is 69.3 Å². The number of amides is 1. The normalized spacial score (nSPS) is 10.9. The van der Waals surface area contributed by atoms with Crippen molar-refractivity contribution in [2.75, 3.05) is 11.9 Å². The van der Waals surface area contributed by atoms with E-state index in [1.165, 1.54) is 0 Å². The molecule has 0 fully saturated rings. The Hall–Kier alpha value is -3.06. The van der Waals surface area contributed by atoms with Gasteiger partial charge in [0.05, 0.1) is 6.61 Å². The molecule has 0 atom stereocenters. The first-order chi connectivity index (χ1) is 12.0. The Kier molecular flexibility index (Phi) is 6.36. The van der Waals surface area contributed by atoms with Crippen LogP contribution < -0.4 is 10.1 Å². The van der Waals surface area contributed by atoms with Gasteiger partial charge >= 0.3 is 0 Å². The minimum Gasteiger partial charge on any atom is -0.494 e. The highest BCUT2D eigenvalue weighted by Gasteiger charge is 2.11. The maximum atomic E-state index is 12.4. The molecule has 0 radical (unpaired) electrons. The summed E-state index contributed by atoms with van der Waals surface area (Å²) in [7, 11) is 0. The molecule has 0 aliphatic rings. The number of anilines is 1. The first-order valence-electron chi connectivity index (χ1n) is 8.27. The van der Waals surface area contributed by atoms with Gasteiger partial charge in [-0.1, -0.05) is 31.2 Å². The average Bonchev–Trinajstić information content (AvgIpc) is 2.62. The van der Waals surface area contributed by atoms with Crippen molar-refractivity contribution >= 4 is 17.7 Å². The quantitative estimate of drug-likeness (QED) is 0.618. The molecule has 0 aromatic heterocycles. The van der Waals surface area contributed by atoms with E-state index in [1.54, 1.807) is 6.08 Å². The average molecular weight is 334 g/mol. The molecule has 2 aromatic rings. The van der Waals surface area contributed by atoms with Gasteiger partial charge in [0.1, 0.15) is 17.4 Å². The number of carbonyl (C=O) groups is 1. The largest absolute Gasteiger partial charge is 0.494 e. The number of hydrogen-bond donors (Lipinski definition) is 1. The second-order valence-electron chi connectivity index (χ2n) is 5.79. The van der Waals surface area contributed by atoms with Crippen molar-refractivity contribution in [3.8, 4) is 11.8 Å². The van der Waals surface area contributed by atoms with Crippen LogP contribution >= 0.6 is 0 Å². The molecule has 0 unspecified atom stereocenters. The van der Waals surface area contributed by atoms with E-state index in [0.717, 1.165) is 28.9 Å². The smallest absolute Gasteiger partial charge is 0.266 e. The summed E-state index contributed by atoms with van der Waals surface area (Å²) in [5, 5.41) is 12.2. The Labute approximate surface area is 148 Å². The Morgan fingerprint density at radius 2 is 2.00 bits per heavy atom. The predicted molar refractivity (Wildman–Crippen MR) is 100 cm³/mol. The topological polar surface area (TPSA) is 62.1 Å². The van der Waals surface area contributed by atoms with Crippen LogP contribution in [0.25, 0.3) is 6.08 Å². The Bertz CT molecular complexity index is 832. The molecule has 0 bridgehead atoms. The van der Waals surface area contributed by atoms with Crippen LogP contribution in [0.15, 0.2) is 48.0 Å². The van der Waals surface area contributed by atoms with E-state index >= 15 is 0 Å². The molecule has 2 rings (SSSR count). The number of aryl methyl sites for hydroxylation is 1. The fraction of sp³-hybridized carbons (Fsp3) is 0.238. The zero-order chi connectivity index (χ0) is 18.2. The lowest BCUT2D eigenvalue weighted by molar-refractivity contribution is -0.112. The number of carbonyl (C=O) groups excluding carboxylic acids is 1. The summed E-state index contributed by atoms with van der Waals surface area (Å²) in [6, 6.07) is 15.0. The molecule has 0 spiro atoms. The summed E-state index contributed by atoms with van der Waals surface area (Å²) < 4.78 is 5.58. The van der Waals surface area contributed by atoms with Crippen molar-refractivity contribution in [3.63, 3.8) is 0 Å².